The van der Waals surface area contributed by atoms with Crippen LogP contribution in [0.1, 0.15) is 55.7 Å². The van der Waals surface area contributed by atoms with Crippen molar-refractivity contribution in [3.05, 3.63) is 95.3 Å². The predicted molar refractivity (Wildman–Crippen MR) is 158 cm³/mol. The van der Waals surface area contributed by atoms with E-state index in [1.165, 1.54) is 29.2 Å². The first kappa shape index (κ1) is 30.2. The Bertz CT molecular complexity index is 1440. The fourth-order valence-electron chi connectivity index (χ4n) is 5.42. The normalized spacial score (nSPS) is 14.4. The fraction of sp³-hybridized carbons (Fsp3) is 0.375. The van der Waals surface area contributed by atoms with E-state index in [1.54, 1.807) is 42.5 Å². The Morgan fingerprint density at radius 3 is 2.15 bits per heavy atom. The van der Waals surface area contributed by atoms with Gasteiger partial charge in [0.15, 0.2) is 0 Å². The number of hydrogen-bond acceptors (Lipinski definition) is 4. The lowest BCUT2D eigenvalue weighted by Crippen LogP contribution is -2.53. The van der Waals surface area contributed by atoms with E-state index in [1.807, 2.05) is 26.8 Å². The average molecular weight is 580 g/mol. The number of nitrogens with one attached hydrogen (secondary N) is 1. The van der Waals surface area contributed by atoms with Gasteiger partial charge in [-0.1, -0.05) is 56.2 Å². The first-order valence-corrected chi connectivity index (χ1v) is 15.5. The van der Waals surface area contributed by atoms with Gasteiger partial charge in [0.2, 0.25) is 11.8 Å². The molecule has 7 nitrogen and oxygen atoms in total. The van der Waals surface area contributed by atoms with Crippen LogP contribution in [0.15, 0.2) is 77.7 Å². The van der Waals surface area contributed by atoms with E-state index in [9.17, 15) is 22.4 Å². The number of hydrogen-bond donors (Lipinski definition) is 1. The van der Waals surface area contributed by atoms with Gasteiger partial charge in [0, 0.05) is 12.6 Å². The summed E-state index contributed by atoms with van der Waals surface area (Å²) in [4.78, 5) is 29.1. The van der Waals surface area contributed by atoms with E-state index in [2.05, 4.69) is 5.32 Å². The molecule has 1 aliphatic rings. The number of sulfonamides is 1. The molecule has 1 aliphatic carbocycles. The zero-order chi connectivity index (χ0) is 29.6. The Hall–Kier alpha value is -3.72. The van der Waals surface area contributed by atoms with Gasteiger partial charge < -0.3 is 10.2 Å². The molecular formula is C32H38FN3O4S. The van der Waals surface area contributed by atoms with E-state index >= 15 is 0 Å². The number of anilines is 1. The molecule has 0 bridgehead atoms. The highest BCUT2D eigenvalue weighted by Crippen LogP contribution is 2.27. The van der Waals surface area contributed by atoms with Crippen molar-refractivity contribution in [3.8, 4) is 0 Å². The summed E-state index contributed by atoms with van der Waals surface area (Å²) >= 11 is 0. The minimum Gasteiger partial charge on any atom is -0.352 e. The fourth-order valence-corrected chi connectivity index (χ4v) is 6.84. The Kier molecular flexibility index (Phi) is 9.81. The number of halogens is 1. The van der Waals surface area contributed by atoms with Gasteiger partial charge in [-0.15, -0.1) is 0 Å². The van der Waals surface area contributed by atoms with Crippen LogP contribution < -0.4 is 9.62 Å². The zero-order valence-electron chi connectivity index (χ0n) is 23.8. The predicted octanol–water partition coefficient (Wildman–Crippen LogP) is 5.50. The molecule has 9 heteroatoms. The van der Waals surface area contributed by atoms with Gasteiger partial charge in [0.25, 0.3) is 10.0 Å². The van der Waals surface area contributed by atoms with E-state index < -0.39 is 34.3 Å². The highest BCUT2D eigenvalue weighted by atomic mass is 32.2. The SMILES string of the molecule is CC[C@@H](C(=O)NC1CCCC1)N(Cc1ccc(F)cc1)C(=O)CN(c1cc(C)cc(C)c1)S(=O)(=O)c1ccccc1. The Labute approximate surface area is 242 Å². The number of rotatable bonds is 11. The number of benzene rings is 3. The molecule has 0 aliphatic heterocycles. The molecule has 0 heterocycles. The third kappa shape index (κ3) is 7.52. The Morgan fingerprint density at radius 1 is 0.951 bits per heavy atom. The van der Waals surface area contributed by atoms with Gasteiger partial charge >= 0.3 is 0 Å². The number of carbonyl (C=O) groups is 2. The van der Waals surface area contributed by atoms with Crippen molar-refractivity contribution < 1.29 is 22.4 Å². The third-order valence-corrected chi connectivity index (χ3v) is 9.25. The minimum atomic E-state index is -4.13. The maximum absolute atomic E-state index is 14.2. The van der Waals surface area contributed by atoms with Crippen molar-refractivity contribution >= 4 is 27.5 Å². The molecule has 2 amide bonds. The van der Waals surface area contributed by atoms with E-state index in [0.717, 1.165) is 41.1 Å². The number of amides is 2. The molecule has 0 aromatic heterocycles. The lowest BCUT2D eigenvalue weighted by Gasteiger charge is -2.34. The summed E-state index contributed by atoms with van der Waals surface area (Å²) in [5.74, 6) is -1.20. The van der Waals surface area contributed by atoms with Crippen LogP contribution in [0, 0.1) is 19.7 Å². The van der Waals surface area contributed by atoms with Gasteiger partial charge in [0.05, 0.1) is 10.6 Å². The summed E-state index contributed by atoms with van der Waals surface area (Å²) in [6.45, 7) is 5.09. The van der Waals surface area contributed by atoms with Gasteiger partial charge in [-0.3, -0.25) is 13.9 Å². The molecule has 1 fully saturated rings. The summed E-state index contributed by atoms with van der Waals surface area (Å²) < 4.78 is 42.7. The summed E-state index contributed by atoms with van der Waals surface area (Å²) in [6.07, 6.45) is 4.21. The Balaban J connectivity index is 1.72. The van der Waals surface area contributed by atoms with Crippen LogP contribution in [-0.2, 0) is 26.2 Å². The molecule has 3 aromatic rings. The molecule has 1 N–H and O–H groups in total. The van der Waals surface area contributed by atoms with Crippen molar-refractivity contribution in [2.45, 2.75) is 76.4 Å². The smallest absolute Gasteiger partial charge is 0.264 e. The molecule has 0 saturated heterocycles. The lowest BCUT2D eigenvalue weighted by molar-refractivity contribution is -0.140. The van der Waals surface area contributed by atoms with Crippen LogP contribution in [0.5, 0.6) is 0 Å². The molecule has 0 unspecified atom stereocenters. The quantitative estimate of drug-likeness (QED) is 0.325. The minimum absolute atomic E-state index is 0.0295. The van der Waals surface area contributed by atoms with E-state index in [-0.39, 0.29) is 23.4 Å². The average Bonchev–Trinajstić information content (AvgIpc) is 3.45. The first-order valence-electron chi connectivity index (χ1n) is 14.1. The summed E-state index contributed by atoms with van der Waals surface area (Å²) in [6, 6.07) is 18.4. The molecule has 218 valence electrons. The molecule has 4 rings (SSSR count). The number of nitrogens with zero attached hydrogens (tertiary/aromatic N) is 2. The van der Waals surface area contributed by atoms with Crippen LogP contribution in [-0.4, -0.2) is 43.8 Å². The Morgan fingerprint density at radius 2 is 1.56 bits per heavy atom. The maximum atomic E-state index is 14.2. The molecule has 1 atom stereocenters. The molecule has 41 heavy (non-hydrogen) atoms. The highest BCUT2D eigenvalue weighted by Gasteiger charge is 2.34. The van der Waals surface area contributed by atoms with E-state index in [0.29, 0.717) is 17.7 Å². The van der Waals surface area contributed by atoms with Gasteiger partial charge in [-0.25, -0.2) is 12.8 Å². The van der Waals surface area contributed by atoms with Crippen molar-refractivity contribution in [3.63, 3.8) is 0 Å². The van der Waals surface area contributed by atoms with Crippen molar-refractivity contribution in [1.82, 2.24) is 10.2 Å². The van der Waals surface area contributed by atoms with Gasteiger partial charge in [-0.05, 0) is 86.2 Å². The van der Waals surface area contributed by atoms with Gasteiger partial charge in [-0.2, -0.15) is 0 Å². The van der Waals surface area contributed by atoms with Crippen LogP contribution in [0.25, 0.3) is 0 Å². The molecule has 1 saturated carbocycles. The summed E-state index contributed by atoms with van der Waals surface area (Å²) in [7, 11) is -4.13. The van der Waals surface area contributed by atoms with E-state index in [4.69, 9.17) is 0 Å². The first-order chi connectivity index (χ1) is 19.6. The molecule has 0 radical (unpaired) electrons. The van der Waals surface area contributed by atoms with Crippen molar-refractivity contribution in [1.29, 1.82) is 0 Å². The van der Waals surface area contributed by atoms with Crippen LogP contribution in [0.4, 0.5) is 10.1 Å². The number of carbonyl (C=O) groups excluding carboxylic acids is 2. The number of aryl methyl sites for hydroxylation is 2. The highest BCUT2D eigenvalue weighted by molar-refractivity contribution is 7.92. The largest absolute Gasteiger partial charge is 0.352 e. The van der Waals surface area contributed by atoms with Gasteiger partial charge in [0.1, 0.15) is 18.4 Å². The van der Waals surface area contributed by atoms with Crippen molar-refractivity contribution in [2.75, 3.05) is 10.8 Å². The van der Waals surface area contributed by atoms with Crippen LogP contribution in [0.2, 0.25) is 0 Å². The topological polar surface area (TPSA) is 86.8 Å². The third-order valence-electron chi connectivity index (χ3n) is 7.46. The van der Waals surface area contributed by atoms with Crippen LogP contribution >= 0.6 is 0 Å². The van der Waals surface area contributed by atoms with Crippen molar-refractivity contribution in [2.24, 2.45) is 0 Å². The lowest BCUT2D eigenvalue weighted by atomic mass is 10.1. The molecule has 3 aromatic carbocycles. The standard InChI is InChI=1S/C32H38FN3O4S/c1-4-30(32(38)34-27-10-8-9-11-27)35(21-25-14-16-26(33)17-15-25)31(37)22-36(28-19-23(2)18-24(3)20-28)41(39,40)29-12-6-5-7-13-29/h5-7,12-20,27,30H,4,8-11,21-22H2,1-3H3,(H,34,38)/t30-/m0/s1. The van der Waals surface area contributed by atoms with Crippen LogP contribution in [0.3, 0.4) is 0 Å². The zero-order valence-corrected chi connectivity index (χ0v) is 24.7. The monoisotopic (exact) mass is 579 g/mol. The summed E-state index contributed by atoms with van der Waals surface area (Å²) in [5.41, 5.74) is 2.71. The maximum Gasteiger partial charge on any atom is 0.264 e. The second-order valence-electron chi connectivity index (χ2n) is 10.7. The summed E-state index contributed by atoms with van der Waals surface area (Å²) in [5, 5.41) is 3.09. The molecule has 0 spiro atoms. The second kappa shape index (κ2) is 13.3. The molecular weight excluding hydrogens is 541 g/mol. The second-order valence-corrected chi connectivity index (χ2v) is 12.6.